The fraction of sp³-hybridized carbons (Fsp3) is 0.280. The van der Waals surface area contributed by atoms with Gasteiger partial charge >= 0.3 is 0 Å². The van der Waals surface area contributed by atoms with E-state index in [2.05, 4.69) is 22.1 Å². The zero-order chi connectivity index (χ0) is 23.8. The van der Waals surface area contributed by atoms with E-state index >= 15 is 0 Å². The second-order valence-corrected chi connectivity index (χ2v) is 8.74. The van der Waals surface area contributed by atoms with Crippen LogP contribution in [-0.2, 0) is 11.3 Å². The Kier molecular flexibility index (Phi) is 8.43. The molecule has 0 bridgehead atoms. The standard InChI is InChI=1S/C25H28N4O3S/c1-5-7-22(30)26-20-12-8-18(9-13-20)23(31)17(3)33-25-28-27-24(29(25)16-6-2)19-10-14-21(32-4)15-11-19/h6,8-15,17H,2,5,7,16H2,1,3-4H3,(H,26,30)/t17-/m0/s1. The van der Waals surface area contributed by atoms with E-state index in [-0.39, 0.29) is 16.9 Å². The van der Waals surface area contributed by atoms with Gasteiger partial charge in [-0.05, 0) is 61.9 Å². The number of allylic oxidation sites excluding steroid dienone is 1. The molecule has 1 N–H and O–H groups in total. The average molecular weight is 465 g/mol. The molecule has 7 nitrogen and oxygen atoms in total. The molecule has 0 aliphatic rings. The number of anilines is 1. The number of benzene rings is 2. The Balaban J connectivity index is 1.74. The average Bonchev–Trinajstić information content (AvgIpc) is 3.21. The van der Waals surface area contributed by atoms with Crippen molar-refractivity contribution in [2.75, 3.05) is 12.4 Å². The number of carbonyl (C=O) groups excluding carboxylic acids is 2. The van der Waals surface area contributed by atoms with E-state index in [0.29, 0.717) is 35.2 Å². The van der Waals surface area contributed by atoms with Crippen LogP contribution in [0.2, 0.25) is 0 Å². The number of thioether (sulfide) groups is 1. The van der Waals surface area contributed by atoms with E-state index < -0.39 is 0 Å². The van der Waals surface area contributed by atoms with Crippen LogP contribution in [0.1, 0.15) is 37.0 Å². The van der Waals surface area contributed by atoms with Gasteiger partial charge in [0.2, 0.25) is 5.91 Å². The van der Waals surface area contributed by atoms with Gasteiger partial charge in [0, 0.05) is 29.8 Å². The van der Waals surface area contributed by atoms with Crippen molar-refractivity contribution in [2.45, 2.75) is 43.6 Å². The highest BCUT2D eigenvalue weighted by Gasteiger charge is 2.21. The quantitative estimate of drug-likeness (QED) is 0.237. The summed E-state index contributed by atoms with van der Waals surface area (Å²) in [7, 11) is 1.62. The van der Waals surface area contributed by atoms with Crippen molar-refractivity contribution in [1.82, 2.24) is 14.8 Å². The Labute approximate surface area is 198 Å². The van der Waals surface area contributed by atoms with E-state index in [4.69, 9.17) is 4.74 Å². The van der Waals surface area contributed by atoms with Crippen molar-refractivity contribution in [3.05, 3.63) is 66.7 Å². The van der Waals surface area contributed by atoms with E-state index in [1.807, 2.05) is 42.7 Å². The van der Waals surface area contributed by atoms with Gasteiger partial charge in [0.1, 0.15) is 5.75 Å². The summed E-state index contributed by atoms with van der Waals surface area (Å²) in [6, 6.07) is 14.6. The zero-order valence-corrected chi connectivity index (χ0v) is 19.9. The first-order valence-electron chi connectivity index (χ1n) is 10.8. The molecule has 33 heavy (non-hydrogen) atoms. The number of aromatic nitrogens is 3. The first-order valence-corrected chi connectivity index (χ1v) is 11.6. The highest BCUT2D eigenvalue weighted by Crippen LogP contribution is 2.29. The molecular weight excluding hydrogens is 436 g/mol. The molecule has 2 aromatic carbocycles. The zero-order valence-electron chi connectivity index (χ0n) is 19.1. The van der Waals surface area contributed by atoms with Crippen LogP contribution in [0.15, 0.2) is 66.3 Å². The number of carbonyl (C=O) groups is 2. The van der Waals surface area contributed by atoms with Crippen LogP contribution in [0.25, 0.3) is 11.4 Å². The lowest BCUT2D eigenvalue weighted by Gasteiger charge is -2.12. The first-order chi connectivity index (χ1) is 16.0. The van der Waals surface area contributed by atoms with Crippen LogP contribution >= 0.6 is 11.8 Å². The van der Waals surface area contributed by atoms with Crippen LogP contribution in [0.5, 0.6) is 5.75 Å². The van der Waals surface area contributed by atoms with Gasteiger partial charge in [0.25, 0.3) is 0 Å². The molecule has 0 spiro atoms. The maximum absolute atomic E-state index is 13.0. The summed E-state index contributed by atoms with van der Waals surface area (Å²) in [6.45, 7) is 8.16. The number of hydrogen-bond donors (Lipinski definition) is 1. The summed E-state index contributed by atoms with van der Waals surface area (Å²) in [4.78, 5) is 24.8. The van der Waals surface area contributed by atoms with Crippen LogP contribution in [0, 0.1) is 0 Å². The van der Waals surface area contributed by atoms with Crippen LogP contribution in [-0.4, -0.2) is 38.8 Å². The Morgan fingerprint density at radius 3 is 2.45 bits per heavy atom. The molecule has 3 rings (SSSR count). The Morgan fingerprint density at radius 2 is 1.85 bits per heavy atom. The minimum absolute atomic E-state index is 0.0226. The molecule has 0 aliphatic carbocycles. The number of methoxy groups -OCH3 is 1. The van der Waals surface area contributed by atoms with E-state index in [1.54, 1.807) is 37.5 Å². The maximum Gasteiger partial charge on any atom is 0.224 e. The number of Topliss-reactive ketones (excluding diaryl/α,β-unsaturated/α-hetero) is 1. The number of amides is 1. The monoisotopic (exact) mass is 464 g/mol. The van der Waals surface area contributed by atoms with Gasteiger partial charge in [0.05, 0.1) is 12.4 Å². The maximum atomic E-state index is 13.0. The minimum atomic E-state index is -0.373. The van der Waals surface area contributed by atoms with Crippen LogP contribution < -0.4 is 10.1 Å². The van der Waals surface area contributed by atoms with Gasteiger partial charge in [-0.25, -0.2) is 0 Å². The highest BCUT2D eigenvalue weighted by atomic mass is 32.2. The molecule has 1 heterocycles. The predicted octanol–water partition coefficient (Wildman–Crippen LogP) is 5.24. The van der Waals surface area contributed by atoms with Crippen molar-refractivity contribution in [3.63, 3.8) is 0 Å². The summed E-state index contributed by atoms with van der Waals surface area (Å²) in [5.41, 5.74) is 2.16. The third-order valence-corrected chi connectivity index (χ3v) is 6.04. The molecule has 8 heteroatoms. The largest absolute Gasteiger partial charge is 0.497 e. The lowest BCUT2D eigenvalue weighted by molar-refractivity contribution is -0.116. The van der Waals surface area contributed by atoms with Gasteiger partial charge in [-0.2, -0.15) is 0 Å². The third-order valence-electron chi connectivity index (χ3n) is 4.96. The predicted molar refractivity (Wildman–Crippen MR) is 132 cm³/mol. The molecule has 0 saturated carbocycles. The van der Waals surface area contributed by atoms with Crippen molar-refractivity contribution >= 4 is 29.1 Å². The molecular formula is C25H28N4O3S. The number of nitrogens with one attached hydrogen (secondary N) is 1. The Hall–Kier alpha value is -3.39. The fourth-order valence-electron chi connectivity index (χ4n) is 3.24. The van der Waals surface area contributed by atoms with Gasteiger partial charge in [-0.1, -0.05) is 24.8 Å². The summed E-state index contributed by atoms with van der Waals surface area (Å²) in [6.07, 6.45) is 3.03. The molecule has 0 radical (unpaired) electrons. The molecule has 0 saturated heterocycles. The lowest BCUT2D eigenvalue weighted by atomic mass is 10.1. The number of rotatable bonds is 11. The molecule has 3 aromatic rings. The SMILES string of the molecule is C=CCn1c(S[C@@H](C)C(=O)c2ccc(NC(=O)CCC)cc2)nnc1-c1ccc(OC)cc1. The first kappa shape index (κ1) is 24.3. The third kappa shape index (κ3) is 6.10. The number of ether oxygens (including phenoxy) is 1. The van der Waals surface area contributed by atoms with Crippen LogP contribution in [0.3, 0.4) is 0 Å². The van der Waals surface area contributed by atoms with Crippen molar-refractivity contribution in [2.24, 2.45) is 0 Å². The van der Waals surface area contributed by atoms with E-state index in [9.17, 15) is 9.59 Å². The topological polar surface area (TPSA) is 86.1 Å². The molecule has 0 fully saturated rings. The molecule has 172 valence electrons. The van der Waals surface area contributed by atoms with Gasteiger partial charge in [-0.15, -0.1) is 16.8 Å². The summed E-state index contributed by atoms with van der Waals surface area (Å²) in [5.74, 6) is 1.41. The number of nitrogens with zero attached hydrogens (tertiary/aromatic N) is 3. The molecule has 1 amide bonds. The van der Waals surface area contributed by atoms with Gasteiger partial charge in [-0.3, -0.25) is 14.2 Å². The summed E-state index contributed by atoms with van der Waals surface area (Å²) >= 11 is 1.36. The Morgan fingerprint density at radius 1 is 1.15 bits per heavy atom. The van der Waals surface area contributed by atoms with Gasteiger partial charge in [0.15, 0.2) is 16.8 Å². The lowest BCUT2D eigenvalue weighted by Crippen LogP contribution is -2.15. The second-order valence-electron chi connectivity index (χ2n) is 7.43. The van der Waals surface area contributed by atoms with E-state index in [1.165, 1.54) is 11.8 Å². The summed E-state index contributed by atoms with van der Waals surface area (Å²) < 4.78 is 7.16. The van der Waals surface area contributed by atoms with E-state index in [0.717, 1.165) is 17.7 Å². The van der Waals surface area contributed by atoms with Gasteiger partial charge < -0.3 is 10.1 Å². The normalized spacial score (nSPS) is 11.6. The highest BCUT2D eigenvalue weighted by molar-refractivity contribution is 8.00. The van der Waals surface area contributed by atoms with Crippen molar-refractivity contribution < 1.29 is 14.3 Å². The number of ketones is 1. The van der Waals surface area contributed by atoms with Crippen molar-refractivity contribution in [3.8, 4) is 17.1 Å². The van der Waals surface area contributed by atoms with Crippen LogP contribution in [0.4, 0.5) is 5.69 Å². The molecule has 0 unspecified atom stereocenters. The molecule has 0 aliphatic heterocycles. The minimum Gasteiger partial charge on any atom is -0.497 e. The second kappa shape index (κ2) is 11.5. The number of hydrogen-bond acceptors (Lipinski definition) is 6. The smallest absolute Gasteiger partial charge is 0.224 e. The Bertz CT molecular complexity index is 1110. The molecule has 1 atom stereocenters. The molecule has 1 aromatic heterocycles. The van der Waals surface area contributed by atoms with Crippen molar-refractivity contribution in [1.29, 1.82) is 0 Å². The fourth-order valence-corrected chi connectivity index (χ4v) is 4.17. The summed E-state index contributed by atoms with van der Waals surface area (Å²) in [5, 5.41) is 11.8.